The minimum Gasteiger partial charge on any atom is -0.465 e. The fourth-order valence-corrected chi connectivity index (χ4v) is 2.93. The van der Waals surface area contributed by atoms with Crippen molar-refractivity contribution in [1.82, 2.24) is 9.88 Å². The van der Waals surface area contributed by atoms with Gasteiger partial charge in [0.15, 0.2) is 0 Å². The number of nitrogens with zero attached hydrogens (tertiary/aromatic N) is 3. The van der Waals surface area contributed by atoms with E-state index in [-0.39, 0.29) is 5.54 Å². The summed E-state index contributed by atoms with van der Waals surface area (Å²) in [7, 11) is 1.60. The summed E-state index contributed by atoms with van der Waals surface area (Å²) in [5.41, 5.74) is 2.62. The van der Waals surface area contributed by atoms with Crippen molar-refractivity contribution in [2.75, 3.05) is 18.9 Å². The second kappa shape index (κ2) is 6.61. The number of hydrogen-bond acceptors (Lipinski definition) is 4. The standard InChI is InChI=1S/C18H17ClN4O2/c1-23(17(24)25)18(6-7-18)11-22-14-8-15(16(19)21-10-14)13-4-2-12(9-20)3-5-13/h2-5,8,10,22H,6-7,11H2,1H3,(H,24,25). The first-order valence-corrected chi connectivity index (χ1v) is 8.20. The molecule has 1 aliphatic rings. The van der Waals surface area contributed by atoms with Gasteiger partial charge in [0.25, 0.3) is 0 Å². The number of carbonyl (C=O) groups is 1. The van der Waals surface area contributed by atoms with E-state index >= 15 is 0 Å². The Hall–Kier alpha value is -2.78. The molecule has 1 aliphatic carbocycles. The first kappa shape index (κ1) is 17.1. The molecular weight excluding hydrogens is 340 g/mol. The van der Waals surface area contributed by atoms with E-state index in [1.807, 2.05) is 18.2 Å². The van der Waals surface area contributed by atoms with Crippen LogP contribution in [0.15, 0.2) is 36.5 Å². The number of benzene rings is 1. The van der Waals surface area contributed by atoms with Gasteiger partial charge in [-0.25, -0.2) is 9.78 Å². The van der Waals surface area contributed by atoms with Gasteiger partial charge in [0.2, 0.25) is 0 Å². The molecule has 1 amide bonds. The number of rotatable bonds is 5. The summed E-state index contributed by atoms with van der Waals surface area (Å²) in [6, 6.07) is 11.1. The Bertz CT molecular complexity index is 841. The lowest BCUT2D eigenvalue weighted by molar-refractivity contribution is 0.135. The van der Waals surface area contributed by atoms with Crippen LogP contribution in [0.2, 0.25) is 5.15 Å². The minimum absolute atomic E-state index is 0.347. The van der Waals surface area contributed by atoms with Gasteiger partial charge < -0.3 is 15.3 Å². The molecule has 0 spiro atoms. The van der Waals surface area contributed by atoms with Crippen molar-refractivity contribution in [3.05, 3.63) is 47.2 Å². The molecule has 7 heteroatoms. The lowest BCUT2D eigenvalue weighted by Gasteiger charge is -2.26. The summed E-state index contributed by atoms with van der Waals surface area (Å²) in [5, 5.41) is 21.7. The van der Waals surface area contributed by atoms with Gasteiger partial charge in [-0.1, -0.05) is 23.7 Å². The topological polar surface area (TPSA) is 89.2 Å². The van der Waals surface area contributed by atoms with E-state index < -0.39 is 6.09 Å². The molecule has 0 unspecified atom stereocenters. The highest BCUT2D eigenvalue weighted by Gasteiger charge is 2.48. The summed E-state index contributed by atoms with van der Waals surface area (Å²) >= 11 is 6.21. The van der Waals surface area contributed by atoms with Crippen molar-refractivity contribution in [3.8, 4) is 17.2 Å². The molecule has 25 heavy (non-hydrogen) atoms. The third-order valence-electron chi connectivity index (χ3n) is 4.61. The maximum atomic E-state index is 11.2. The van der Waals surface area contributed by atoms with Gasteiger partial charge in [0.1, 0.15) is 5.15 Å². The molecule has 3 rings (SSSR count). The molecule has 0 atom stereocenters. The van der Waals surface area contributed by atoms with Crippen LogP contribution in [0.5, 0.6) is 0 Å². The van der Waals surface area contributed by atoms with Crippen molar-refractivity contribution >= 4 is 23.4 Å². The molecule has 1 aromatic carbocycles. The van der Waals surface area contributed by atoms with Gasteiger partial charge in [-0.15, -0.1) is 0 Å². The maximum absolute atomic E-state index is 11.2. The summed E-state index contributed by atoms with van der Waals surface area (Å²) in [4.78, 5) is 16.8. The minimum atomic E-state index is -0.924. The zero-order valence-corrected chi connectivity index (χ0v) is 14.4. The lowest BCUT2D eigenvalue weighted by Crippen LogP contribution is -2.42. The summed E-state index contributed by atoms with van der Waals surface area (Å²) in [6.07, 6.45) is 2.39. The number of carboxylic acid groups (broad SMARTS) is 1. The van der Waals surface area contributed by atoms with Gasteiger partial charge in [-0.2, -0.15) is 5.26 Å². The third kappa shape index (κ3) is 3.52. The third-order valence-corrected chi connectivity index (χ3v) is 4.91. The molecule has 128 valence electrons. The number of hydrogen-bond donors (Lipinski definition) is 2. The highest BCUT2D eigenvalue weighted by Crippen LogP contribution is 2.41. The van der Waals surface area contributed by atoms with Crippen LogP contribution in [-0.4, -0.2) is 40.2 Å². The Balaban J connectivity index is 1.78. The number of nitriles is 1. The van der Waals surface area contributed by atoms with Crippen LogP contribution < -0.4 is 5.32 Å². The van der Waals surface area contributed by atoms with Crippen molar-refractivity contribution < 1.29 is 9.90 Å². The molecule has 2 N–H and O–H groups in total. The number of pyridine rings is 1. The Morgan fingerprint density at radius 3 is 2.68 bits per heavy atom. The first-order valence-electron chi connectivity index (χ1n) is 7.82. The molecule has 1 fully saturated rings. The first-order chi connectivity index (χ1) is 11.9. The molecule has 0 saturated heterocycles. The summed E-state index contributed by atoms with van der Waals surface area (Å²) in [6.45, 7) is 0.520. The van der Waals surface area contributed by atoms with Gasteiger partial charge in [-0.05, 0) is 36.6 Å². The van der Waals surface area contributed by atoms with E-state index in [2.05, 4.69) is 16.4 Å². The number of amides is 1. The van der Waals surface area contributed by atoms with E-state index in [1.165, 1.54) is 4.90 Å². The van der Waals surface area contributed by atoms with Crippen molar-refractivity contribution in [2.45, 2.75) is 18.4 Å². The van der Waals surface area contributed by atoms with E-state index in [0.717, 1.165) is 29.7 Å². The number of nitrogens with one attached hydrogen (secondary N) is 1. The highest BCUT2D eigenvalue weighted by molar-refractivity contribution is 6.32. The van der Waals surface area contributed by atoms with Crippen molar-refractivity contribution in [2.24, 2.45) is 0 Å². The molecule has 0 bridgehead atoms. The fraction of sp³-hybridized carbons (Fsp3) is 0.278. The largest absolute Gasteiger partial charge is 0.465 e. The SMILES string of the molecule is CN(C(=O)O)C1(CNc2cnc(Cl)c(-c3ccc(C#N)cc3)c2)CC1. The van der Waals surface area contributed by atoms with Crippen LogP contribution in [0.4, 0.5) is 10.5 Å². The smallest absolute Gasteiger partial charge is 0.407 e. The zero-order valence-electron chi connectivity index (χ0n) is 13.7. The van der Waals surface area contributed by atoms with Gasteiger partial charge in [0.05, 0.1) is 29.1 Å². The lowest BCUT2D eigenvalue weighted by atomic mass is 10.1. The number of likely N-dealkylation sites (N-methyl/N-ethyl adjacent to an activating group) is 1. The number of aromatic nitrogens is 1. The molecular formula is C18H17ClN4O2. The molecule has 6 nitrogen and oxygen atoms in total. The van der Waals surface area contributed by atoms with E-state index in [1.54, 1.807) is 25.4 Å². The molecule has 1 heterocycles. The van der Waals surface area contributed by atoms with Crippen LogP contribution in [0.25, 0.3) is 11.1 Å². The molecule has 0 radical (unpaired) electrons. The average Bonchev–Trinajstić information content (AvgIpc) is 3.41. The predicted octanol–water partition coefficient (Wildman–Crippen LogP) is 3.83. The van der Waals surface area contributed by atoms with Crippen molar-refractivity contribution in [3.63, 3.8) is 0 Å². The Morgan fingerprint density at radius 1 is 1.44 bits per heavy atom. The number of halogens is 1. The van der Waals surface area contributed by atoms with Gasteiger partial charge in [-0.3, -0.25) is 0 Å². The summed E-state index contributed by atoms with van der Waals surface area (Å²) < 4.78 is 0. The Morgan fingerprint density at radius 2 is 2.12 bits per heavy atom. The van der Waals surface area contributed by atoms with E-state index in [9.17, 15) is 9.90 Å². The second-order valence-corrected chi connectivity index (χ2v) is 6.53. The van der Waals surface area contributed by atoms with E-state index in [4.69, 9.17) is 16.9 Å². The van der Waals surface area contributed by atoms with Gasteiger partial charge >= 0.3 is 6.09 Å². The molecule has 1 saturated carbocycles. The zero-order chi connectivity index (χ0) is 18.0. The second-order valence-electron chi connectivity index (χ2n) is 6.17. The van der Waals surface area contributed by atoms with E-state index in [0.29, 0.717) is 17.3 Å². The van der Waals surface area contributed by atoms with Crippen LogP contribution in [-0.2, 0) is 0 Å². The van der Waals surface area contributed by atoms with Crippen LogP contribution >= 0.6 is 11.6 Å². The predicted molar refractivity (Wildman–Crippen MR) is 95.6 cm³/mol. The quantitative estimate of drug-likeness (QED) is 0.795. The normalized spacial score (nSPS) is 14.4. The number of anilines is 1. The Labute approximate surface area is 150 Å². The average molecular weight is 357 g/mol. The Kier molecular flexibility index (Phi) is 4.51. The molecule has 0 aliphatic heterocycles. The highest BCUT2D eigenvalue weighted by atomic mass is 35.5. The van der Waals surface area contributed by atoms with Crippen LogP contribution in [0, 0.1) is 11.3 Å². The maximum Gasteiger partial charge on any atom is 0.407 e. The molecule has 2 aromatic rings. The van der Waals surface area contributed by atoms with Crippen LogP contribution in [0.1, 0.15) is 18.4 Å². The fourth-order valence-electron chi connectivity index (χ4n) is 2.72. The summed E-state index contributed by atoms with van der Waals surface area (Å²) in [5.74, 6) is 0. The van der Waals surface area contributed by atoms with Crippen LogP contribution in [0.3, 0.4) is 0 Å². The molecule has 1 aromatic heterocycles. The van der Waals surface area contributed by atoms with Crippen molar-refractivity contribution in [1.29, 1.82) is 5.26 Å². The van der Waals surface area contributed by atoms with Gasteiger partial charge in [0, 0.05) is 19.2 Å². The monoisotopic (exact) mass is 356 g/mol.